The van der Waals surface area contributed by atoms with Gasteiger partial charge < -0.3 is 10.0 Å². The van der Waals surface area contributed by atoms with E-state index in [1.807, 2.05) is 0 Å². The minimum absolute atomic E-state index is 0.0132. The minimum atomic E-state index is -0.889. The molecule has 4 heteroatoms. The molecule has 2 fully saturated rings. The van der Waals surface area contributed by atoms with E-state index < -0.39 is 6.09 Å². The van der Waals surface area contributed by atoms with Crippen LogP contribution in [0.15, 0.2) is 0 Å². The van der Waals surface area contributed by atoms with Crippen LogP contribution in [0.3, 0.4) is 0 Å². The molecular formula is C12H19NO3. The van der Waals surface area contributed by atoms with Gasteiger partial charge in [-0.3, -0.25) is 4.79 Å². The molecule has 4 nitrogen and oxygen atoms in total. The van der Waals surface area contributed by atoms with Gasteiger partial charge >= 0.3 is 6.09 Å². The molecular weight excluding hydrogens is 206 g/mol. The first-order valence-electron chi connectivity index (χ1n) is 5.79. The predicted molar refractivity (Wildman–Crippen MR) is 59.3 cm³/mol. The summed E-state index contributed by atoms with van der Waals surface area (Å²) in [6.07, 6.45) is 0.966. The summed E-state index contributed by atoms with van der Waals surface area (Å²) in [5, 5.41) is 9.05. The summed E-state index contributed by atoms with van der Waals surface area (Å²) in [6.45, 7) is 7.03. The Morgan fingerprint density at radius 3 is 2.62 bits per heavy atom. The zero-order chi connectivity index (χ0) is 12.1. The number of ketones is 1. The zero-order valence-electron chi connectivity index (χ0n) is 10.1. The topological polar surface area (TPSA) is 57.6 Å². The fourth-order valence-electron chi connectivity index (χ4n) is 3.25. The van der Waals surface area contributed by atoms with Crippen molar-refractivity contribution in [2.45, 2.75) is 46.1 Å². The molecule has 0 aromatic rings. The Bertz CT molecular complexity index is 343. The minimum Gasteiger partial charge on any atom is -0.465 e. The van der Waals surface area contributed by atoms with Gasteiger partial charge in [-0.1, -0.05) is 20.8 Å². The molecule has 1 saturated heterocycles. The summed E-state index contributed by atoms with van der Waals surface area (Å²) in [4.78, 5) is 23.9. The van der Waals surface area contributed by atoms with Crippen molar-refractivity contribution in [3.8, 4) is 0 Å². The van der Waals surface area contributed by atoms with Crippen LogP contribution in [0.4, 0.5) is 4.79 Å². The van der Waals surface area contributed by atoms with Gasteiger partial charge in [-0.2, -0.15) is 0 Å². The van der Waals surface area contributed by atoms with Gasteiger partial charge in [0.15, 0.2) is 0 Å². The van der Waals surface area contributed by atoms with E-state index in [1.54, 1.807) is 0 Å². The Balaban J connectivity index is 2.27. The molecule has 1 aliphatic heterocycles. The molecule has 0 aromatic heterocycles. The monoisotopic (exact) mass is 225 g/mol. The highest BCUT2D eigenvalue weighted by molar-refractivity contribution is 5.82. The van der Waals surface area contributed by atoms with Crippen LogP contribution in [-0.4, -0.2) is 34.5 Å². The lowest BCUT2D eigenvalue weighted by molar-refractivity contribution is -0.159. The van der Waals surface area contributed by atoms with Crippen LogP contribution in [0.1, 0.15) is 40.0 Å². The van der Waals surface area contributed by atoms with Crippen LogP contribution < -0.4 is 0 Å². The Morgan fingerprint density at radius 1 is 1.50 bits per heavy atom. The molecule has 2 unspecified atom stereocenters. The highest BCUT2D eigenvalue weighted by atomic mass is 16.4. The van der Waals surface area contributed by atoms with Crippen molar-refractivity contribution in [1.82, 2.24) is 4.90 Å². The molecule has 1 aliphatic carbocycles. The molecule has 2 rings (SSSR count). The second kappa shape index (κ2) is 3.22. The van der Waals surface area contributed by atoms with Gasteiger partial charge in [0.05, 0.1) is 0 Å². The van der Waals surface area contributed by atoms with Gasteiger partial charge in [0, 0.05) is 30.8 Å². The van der Waals surface area contributed by atoms with Crippen molar-refractivity contribution in [2.24, 2.45) is 10.8 Å². The molecule has 0 spiro atoms. The van der Waals surface area contributed by atoms with Gasteiger partial charge in [0.1, 0.15) is 5.78 Å². The number of carbonyl (C=O) groups excluding carboxylic acids is 1. The first kappa shape index (κ1) is 11.4. The van der Waals surface area contributed by atoms with E-state index in [2.05, 4.69) is 20.8 Å². The summed E-state index contributed by atoms with van der Waals surface area (Å²) in [7, 11) is 0. The molecule has 16 heavy (non-hydrogen) atoms. The first-order valence-corrected chi connectivity index (χ1v) is 5.79. The quantitative estimate of drug-likeness (QED) is 0.687. The number of rotatable bonds is 0. The van der Waals surface area contributed by atoms with Crippen LogP contribution in [0.2, 0.25) is 0 Å². The lowest BCUT2D eigenvalue weighted by Gasteiger charge is -2.64. The van der Waals surface area contributed by atoms with Crippen LogP contribution >= 0.6 is 0 Å². The average Bonchev–Trinajstić information content (AvgIpc) is 2.08. The summed E-state index contributed by atoms with van der Waals surface area (Å²) >= 11 is 0. The predicted octanol–water partition coefficient (Wildman–Crippen LogP) is 2.13. The van der Waals surface area contributed by atoms with Gasteiger partial charge in [0.25, 0.3) is 0 Å². The highest BCUT2D eigenvalue weighted by Crippen LogP contribution is 2.57. The van der Waals surface area contributed by atoms with Crippen LogP contribution in [0, 0.1) is 10.8 Å². The van der Waals surface area contributed by atoms with Crippen LogP contribution in [-0.2, 0) is 4.79 Å². The second-order valence-corrected chi connectivity index (χ2v) is 6.08. The molecule has 1 saturated carbocycles. The van der Waals surface area contributed by atoms with Gasteiger partial charge in [-0.05, 0) is 11.8 Å². The number of hydrogen-bond acceptors (Lipinski definition) is 2. The lowest BCUT2D eigenvalue weighted by atomic mass is 9.51. The molecule has 1 N–H and O–H groups in total. The lowest BCUT2D eigenvalue weighted by Crippen LogP contribution is -2.72. The second-order valence-electron chi connectivity index (χ2n) is 6.08. The summed E-state index contributed by atoms with van der Waals surface area (Å²) < 4.78 is 0. The fraction of sp³-hybridized carbons (Fsp3) is 0.833. The molecule has 2 atom stereocenters. The molecule has 0 bridgehead atoms. The molecule has 0 radical (unpaired) electrons. The van der Waals surface area contributed by atoms with E-state index in [1.165, 1.54) is 4.90 Å². The molecule has 90 valence electrons. The van der Waals surface area contributed by atoms with E-state index >= 15 is 0 Å². The van der Waals surface area contributed by atoms with E-state index in [9.17, 15) is 9.59 Å². The number of nitrogens with zero attached hydrogens (tertiary/aromatic N) is 1. The Labute approximate surface area is 95.6 Å². The van der Waals surface area contributed by atoms with Crippen molar-refractivity contribution < 1.29 is 14.7 Å². The number of likely N-dealkylation sites (tertiary alicyclic amines) is 1. The number of Topliss-reactive ketones (excluding diaryl/α,β-unsaturated/α-hetero) is 1. The summed E-state index contributed by atoms with van der Waals surface area (Å²) in [6, 6.07) is -0.0914. The Hall–Kier alpha value is -1.06. The molecule has 1 amide bonds. The Kier molecular flexibility index (Phi) is 2.30. The van der Waals surface area contributed by atoms with E-state index in [0.29, 0.717) is 19.4 Å². The molecule has 2 aliphatic rings. The third-order valence-electron chi connectivity index (χ3n) is 4.48. The van der Waals surface area contributed by atoms with Crippen molar-refractivity contribution >= 4 is 11.9 Å². The standard InChI is InChI=1S/C12H19NO3/c1-11(2,3)12-5-4-8(14)6-9(12)13(7-12)10(15)16/h9H,4-7H2,1-3H3,(H,15,16). The van der Waals surface area contributed by atoms with Crippen molar-refractivity contribution in [2.75, 3.05) is 6.54 Å². The number of fused-ring (bicyclic) bond motifs is 1. The smallest absolute Gasteiger partial charge is 0.407 e. The van der Waals surface area contributed by atoms with Crippen molar-refractivity contribution in [3.05, 3.63) is 0 Å². The van der Waals surface area contributed by atoms with E-state index in [4.69, 9.17) is 5.11 Å². The third-order valence-corrected chi connectivity index (χ3v) is 4.48. The molecule has 0 aromatic carbocycles. The number of carboxylic acid groups (broad SMARTS) is 1. The van der Waals surface area contributed by atoms with Gasteiger partial charge in [-0.15, -0.1) is 0 Å². The Morgan fingerprint density at radius 2 is 2.12 bits per heavy atom. The van der Waals surface area contributed by atoms with Crippen LogP contribution in [0.5, 0.6) is 0 Å². The van der Waals surface area contributed by atoms with Gasteiger partial charge in [0.2, 0.25) is 0 Å². The number of amides is 1. The maximum absolute atomic E-state index is 11.5. The maximum Gasteiger partial charge on any atom is 0.407 e. The normalized spacial score (nSPS) is 34.3. The zero-order valence-corrected chi connectivity index (χ0v) is 10.1. The average molecular weight is 225 g/mol. The van der Waals surface area contributed by atoms with E-state index in [-0.39, 0.29) is 22.7 Å². The van der Waals surface area contributed by atoms with Crippen molar-refractivity contribution in [1.29, 1.82) is 0 Å². The molecule has 1 heterocycles. The largest absolute Gasteiger partial charge is 0.465 e. The maximum atomic E-state index is 11.5. The summed E-state index contributed by atoms with van der Waals surface area (Å²) in [5.74, 6) is 0.204. The number of hydrogen-bond donors (Lipinski definition) is 1. The number of carbonyl (C=O) groups is 2. The highest BCUT2D eigenvalue weighted by Gasteiger charge is 2.62. The SMILES string of the molecule is CC(C)(C)C12CCC(=O)CC1N(C(=O)O)C2. The third kappa shape index (κ3) is 1.35. The van der Waals surface area contributed by atoms with Crippen molar-refractivity contribution in [3.63, 3.8) is 0 Å². The van der Waals surface area contributed by atoms with Crippen LogP contribution in [0.25, 0.3) is 0 Å². The van der Waals surface area contributed by atoms with Gasteiger partial charge in [-0.25, -0.2) is 4.79 Å². The summed E-state index contributed by atoms with van der Waals surface area (Å²) in [5.41, 5.74) is 0.0730. The van der Waals surface area contributed by atoms with E-state index in [0.717, 1.165) is 6.42 Å². The first-order chi connectivity index (χ1) is 7.28. The fourth-order valence-corrected chi connectivity index (χ4v) is 3.25.